The monoisotopic (exact) mass is 316 g/mol. The Kier molecular flexibility index (Phi) is 6.38. The highest BCUT2D eigenvalue weighted by atomic mass is 16.5. The molecule has 0 aromatic heterocycles. The quantitative estimate of drug-likeness (QED) is 0.592. The second-order valence-electron chi connectivity index (χ2n) is 4.86. The molecule has 6 nitrogen and oxygen atoms in total. The van der Waals surface area contributed by atoms with Crippen molar-refractivity contribution >= 4 is 22.6 Å². The van der Waals surface area contributed by atoms with Crippen LogP contribution in [0.1, 0.15) is 0 Å². The fourth-order valence-corrected chi connectivity index (χ4v) is 2.02. The van der Waals surface area contributed by atoms with Crippen LogP contribution < -0.4 is 15.4 Å². The van der Waals surface area contributed by atoms with E-state index >= 15 is 0 Å². The van der Waals surface area contributed by atoms with E-state index in [1.807, 2.05) is 42.5 Å². The Morgan fingerprint density at radius 3 is 2.26 bits per heavy atom. The Labute approximate surface area is 134 Å². The van der Waals surface area contributed by atoms with Crippen LogP contribution >= 0.6 is 0 Å². The lowest BCUT2D eigenvalue weighted by molar-refractivity contribution is -0.139. The van der Waals surface area contributed by atoms with E-state index < -0.39 is 11.8 Å². The average Bonchev–Trinajstić information content (AvgIpc) is 2.58. The molecule has 0 aliphatic heterocycles. The van der Waals surface area contributed by atoms with Gasteiger partial charge in [-0.1, -0.05) is 30.3 Å². The second-order valence-corrected chi connectivity index (χ2v) is 4.86. The van der Waals surface area contributed by atoms with Gasteiger partial charge >= 0.3 is 11.8 Å². The van der Waals surface area contributed by atoms with Gasteiger partial charge < -0.3 is 20.1 Å². The third-order valence-electron chi connectivity index (χ3n) is 3.18. The molecule has 0 spiro atoms. The van der Waals surface area contributed by atoms with Gasteiger partial charge in [-0.3, -0.25) is 9.59 Å². The van der Waals surface area contributed by atoms with E-state index in [1.165, 1.54) is 7.11 Å². The molecule has 2 aromatic carbocycles. The van der Waals surface area contributed by atoms with Gasteiger partial charge in [0.1, 0.15) is 12.4 Å². The van der Waals surface area contributed by atoms with Crippen LogP contribution in [0.5, 0.6) is 5.75 Å². The topological polar surface area (TPSA) is 76.7 Å². The molecule has 2 N–H and O–H groups in total. The Morgan fingerprint density at radius 1 is 0.913 bits per heavy atom. The largest absolute Gasteiger partial charge is 0.492 e. The first-order valence-corrected chi connectivity index (χ1v) is 7.37. The third kappa shape index (κ3) is 5.27. The zero-order chi connectivity index (χ0) is 16.5. The van der Waals surface area contributed by atoms with Crippen LogP contribution in [0.4, 0.5) is 0 Å². The lowest BCUT2D eigenvalue weighted by atomic mass is 10.1. The van der Waals surface area contributed by atoms with Crippen molar-refractivity contribution in [2.75, 3.05) is 33.4 Å². The Hall–Kier alpha value is -2.60. The number of hydrogen-bond donors (Lipinski definition) is 2. The Bertz CT molecular complexity index is 672. The smallest absolute Gasteiger partial charge is 0.309 e. The molecule has 0 bridgehead atoms. The SMILES string of the molecule is COCCNC(=O)C(=O)NCCOc1ccc2ccccc2c1. The van der Waals surface area contributed by atoms with Gasteiger partial charge in [-0.2, -0.15) is 0 Å². The Balaban J connectivity index is 1.71. The van der Waals surface area contributed by atoms with Crippen molar-refractivity contribution in [3.63, 3.8) is 0 Å². The number of carbonyl (C=O) groups is 2. The molecule has 0 saturated heterocycles. The molecule has 122 valence electrons. The maximum Gasteiger partial charge on any atom is 0.309 e. The summed E-state index contributed by atoms with van der Waals surface area (Å²) in [4.78, 5) is 22.9. The number of fused-ring (bicyclic) bond motifs is 1. The summed E-state index contributed by atoms with van der Waals surface area (Å²) in [5.74, 6) is -0.626. The van der Waals surface area contributed by atoms with E-state index in [2.05, 4.69) is 10.6 Å². The number of hydrogen-bond acceptors (Lipinski definition) is 4. The van der Waals surface area contributed by atoms with Crippen LogP contribution in [0.15, 0.2) is 42.5 Å². The normalized spacial score (nSPS) is 10.3. The van der Waals surface area contributed by atoms with Gasteiger partial charge in [0, 0.05) is 13.7 Å². The highest BCUT2D eigenvalue weighted by Crippen LogP contribution is 2.20. The Morgan fingerprint density at radius 2 is 1.57 bits per heavy atom. The van der Waals surface area contributed by atoms with Crippen LogP contribution in [0.2, 0.25) is 0 Å². The van der Waals surface area contributed by atoms with Crippen LogP contribution in [-0.4, -0.2) is 45.2 Å². The predicted octanol–water partition coefficient (Wildman–Crippen LogP) is 1.10. The molecule has 0 aliphatic rings. The fourth-order valence-electron chi connectivity index (χ4n) is 2.02. The number of ether oxygens (including phenoxy) is 2. The third-order valence-corrected chi connectivity index (χ3v) is 3.18. The number of carbonyl (C=O) groups excluding carboxylic acids is 2. The predicted molar refractivity (Wildman–Crippen MR) is 87.3 cm³/mol. The molecule has 2 aromatic rings. The molecule has 0 aliphatic carbocycles. The van der Waals surface area contributed by atoms with E-state index in [0.717, 1.165) is 16.5 Å². The fraction of sp³-hybridized carbons (Fsp3) is 0.294. The van der Waals surface area contributed by atoms with Gasteiger partial charge in [0.2, 0.25) is 0 Å². The number of benzene rings is 2. The number of methoxy groups -OCH3 is 1. The summed E-state index contributed by atoms with van der Waals surface area (Å²) >= 11 is 0. The molecule has 6 heteroatoms. The van der Waals surface area contributed by atoms with E-state index in [-0.39, 0.29) is 13.2 Å². The summed E-state index contributed by atoms with van der Waals surface area (Å²) in [7, 11) is 1.52. The number of amides is 2. The van der Waals surface area contributed by atoms with Crippen LogP contribution in [0, 0.1) is 0 Å². The van der Waals surface area contributed by atoms with Crippen molar-refractivity contribution in [3.8, 4) is 5.75 Å². The molecule has 2 amide bonds. The van der Waals surface area contributed by atoms with E-state index in [0.29, 0.717) is 13.2 Å². The van der Waals surface area contributed by atoms with E-state index in [9.17, 15) is 9.59 Å². The highest BCUT2D eigenvalue weighted by Gasteiger charge is 2.11. The maximum absolute atomic E-state index is 11.5. The molecular formula is C17H20N2O4. The number of nitrogens with one attached hydrogen (secondary N) is 2. The van der Waals surface area contributed by atoms with Gasteiger partial charge in [-0.15, -0.1) is 0 Å². The van der Waals surface area contributed by atoms with Crippen molar-refractivity contribution in [2.24, 2.45) is 0 Å². The lowest BCUT2D eigenvalue weighted by Gasteiger charge is -2.09. The van der Waals surface area contributed by atoms with Crippen molar-refractivity contribution < 1.29 is 19.1 Å². The minimum atomic E-state index is -0.678. The summed E-state index contributed by atoms with van der Waals surface area (Å²) in [6, 6.07) is 13.8. The van der Waals surface area contributed by atoms with E-state index in [4.69, 9.17) is 9.47 Å². The van der Waals surface area contributed by atoms with E-state index in [1.54, 1.807) is 0 Å². The molecule has 23 heavy (non-hydrogen) atoms. The van der Waals surface area contributed by atoms with Crippen molar-refractivity contribution in [3.05, 3.63) is 42.5 Å². The van der Waals surface area contributed by atoms with Crippen molar-refractivity contribution in [2.45, 2.75) is 0 Å². The zero-order valence-electron chi connectivity index (χ0n) is 13.0. The summed E-state index contributed by atoms with van der Waals surface area (Å²) in [6.45, 7) is 1.21. The van der Waals surface area contributed by atoms with Gasteiger partial charge in [0.05, 0.1) is 13.2 Å². The highest BCUT2D eigenvalue weighted by molar-refractivity contribution is 6.35. The summed E-state index contributed by atoms with van der Waals surface area (Å²) in [5.41, 5.74) is 0. The molecule has 0 saturated carbocycles. The minimum Gasteiger partial charge on any atom is -0.492 e. The van der Waals surface area contributed by atoms with Gasteiger partial charge in [-0.05, 0) is 22.9 Å². The van der Waals surface area contributed by atoms with Crippen LogP contribution in [-0.2, 0) is 14.3 Å². The van der Waals surface area contributed by atoms with Gasteiger partial charge in [0.25, 0.3) is 0 Å². The molecule has 0 atom stereocenters. The zero-order valence-corrected chi connectivity index (χ0v) is 13.0. The van der Waals surface area contributed by atoms with Crippen LogP contribution in [0.25, 0.3) is 10.8 Å². The molecule has 0 radical (unpaired) electrons. The first-order chi connectivity index (χ1) is 11.2. The lowest BCUT2D eigenvalue weighted by Crippen LogP contribution is -2.42. The van der Waals surface area contributed by atoms with Gasteiger partial charge in [-0.25, -0.2) is 0 Å². The minimum absolute atomic E-state index is 0.253. The molecule has 0 unspecified atom stereocenters. The van der Waals surface area contributed by atoms with Gasteiger partial charge in [0.15, 0.2) is 0 Å². The van der Waals surface area contributed by atoms with Crippen molar-refractivity contribution in [1.82, 2.24) is 10.6 Å². The van der Waals surface area contributed by atoms with Crippen LogP contribution in [0.3, 0.4) is 0 Å². The first kappa shape index (κ1) is 16.8. The summed E-state index contributed by atoms with van der Waals surface area (Å²) in [5, 5.41) is 7.17. The second kappa shape index (κ2) is 8.75. The average molecular weight is 316 g/mol. The van der Waals surface area contributed by atoms with Crippen molar-refractivity contribution in [1.29, 1.82) is 0 Å². The number of rotatable bonds is 7. The molecular weight excluding hydrogens is 296 g/mol. The summed E-state index contributed by atoms with van der Waals surface area (Å²) < 4.78 is 10.4. The molecule has 0 fully saturated rings. The first-order valence-electron chi connectivity index (χ1n) is 7.37. The summed E-state index contributed by atoms with van der Waals surface area (Å²) in [6.07, 6.45) is 0. The standard InChI is InChI=1S/C17H20N2O4/c1-22-10-8-18-16(20)17(21)19-9-11-23-15-7-6-13-4-2-3-5-14(13)12-15/h2-7,12H,8-11H2,1H3,(H,18,20)(H,19,21). The maximum atomic E-state index is 11.5. The molecule has 0 heterocycles. The molecule has 2 rings (SSSR count).